The first-order chi connectivity index (χ1) is 26.0. The summed E-state index contributed by atoms with van der Waals surface area (Å²) in [7, 11) is 3.16. The van der Waals surface area contributed by atoms with Crippen molar-refractivity contribution in [3.8, 4) is 22.4 Å². The summed E-state index contributed by atoms with van der Waals surface area (Å²) in [5, 5.41) is 4.51. The van der Waals surface area contributed by atoms with Gasteiger partial charge in [0, 0.05) is 62.4 Å². The van der Waals surface area contributed by atoms with Crippen molar-refractivity contribution in [3.05, 3.63) is 47.0 Å². The molecule has 3 amide bonds. The lowest BCUT2D eigenvalue weighted by atomic mass is 10.0. The Hall–Kier alpha value is -3.65. The molecule has 0 spiro atoms. The molecule has 5 heterocycles. The van der Waals surface area contributed by atoms with Crippen LogP contribution in [0.1, 0.15) is 96.9 Å². The number of carbonyl (C=O) groups excluding carboxylic acids is 3. The molecule has 0 N–H and O–H groups in total. The first-order valence-electron chi connectivity index (χ1n) is 18.5. The number of thiophene rings is 1. The zero-order chi connectivity index (χ0) is 40.2. The van der Waals surface area contributed by atoms with Gasteiger partial charge in [-0.1, -0.05) is 20.3 Å². The Morgan fingerprint density at radius 3 is 2.25 bits per heavy atom. The van der Waals surface area contributed by atoms with Crippen molar-refractivity contribution in [1.29, 1.82) is 0 Å². The second kappa shape index (κ2) is 17.7. The highest BCUT2D eigenvalue weighted by Gasteiger charge is 2.42. The Morgan fingerprint density at radius 1 is 0.982 bits per heavy atom. The van der Waals surface area contributed by atoms with Gasteiger partial charge < -0.3 is 19.1 Å². The number of fused-ring (bicyclic) bond motifs is 5. The van der Waals surface area contributed by atoms with Crippen molar-refractivity contribution in [2.24, 2.45) is 0 Å². The van der Waals surface area contributed by atoms with Gasteiger partial charge >= 0.3 is 12.2 Å². The number of carbonyl (C=O) groups is 3. The van der Waals surface area contributed by atoms with Crippen molar-refractivity contribution >= 4 is 92.1 Å². The minimum atomic E-state index is -0.824. The van der Waals surface area contributed by atoms with Gasteiger partial charge in [-0.2, -0.15) is 0 Å². The van der Waals surface area contributed by atoms with Crippen molar-refractivity contribution in [2.45, 2.75) is 105 Å². The molecule has 6 rings (SSSR count). The third-order valence-corrected chi connectivity index (χ3v) is 10.7. The molecule has 0 radical (unpaired) electrons. The second-order valence-electron chi connectivity index (χ2n) is 15.6. The van der Waals surface area contributed by atoms with E-state index in [0.29, 0.717) is 22.3 Å². The maximum Gasteiger partial charge on any atom is 0.417 e. The van der Waals surface area contributed by atoms with E-state index in [-0.39, 0.29) is 17.5 Å². The van der Waals surface area contributed by atoms with E-state index < -0.39 is 35.3 Å². The minimum absolute atomic E-state index is 0.0152. The molecule has 0 unspecified atom stereocenters. The Kier molecular flexibility index (Phi) is 13.6. The molecular weight excluding hydrogens is 850 g/mol. The summed E-state index contributed by atoms with van der Waals surface area (Å²) < 4.78 is 17.9. The van der Waals surface area contributed by atoms with Crippen molar-refractivity contribution in [3.63, 3.8) is 0 Å². The van der Waals surface area contributed by atoms with E-state index in [0.717, 1.165) is 58.0 Å². The van der Waals surface area contributed by atoms with Gasteiger partial charge in [0.25, 0.3) is 5.91 Å². The fourth-order valence-electron chi connectivity index (χ4n) is 6.43. The predicted molar refractivity (Wildman–Crippen MR) is 233 cm³/mol. The van der Waals surface area contributed by atoms with E-state index in [1.54, 1.807) is 55.6 Å². The maximum absolute atomic E-state index is 14.3. The van der Waals surface area contributed by atoms with Gasteiger partial charge in [0.05, 0.1) is 35.6 Å². The summed E-state index contributed by atoms with van der Waals surface area (Å²) in [6.07, 6.45) is 1.94. The summed E-state index contributed by atoms with van der Waals surface area (Å²) in [5.41, 5.74) is 1.72. The van der Waals surface area contributed by atoms with Crippen LogP contribution in [0.4, 0.5) is 21.1 Å². The molecule has 55 heavy (non-hydrogen) atoms. The fraction of sp³-hybridized carbons (Fsp3) is 0.488. The van der Waals surface area contributed by atoms with Crippen molar-refractivity contribution in [1.82, 2.24) is 14.9 Å². The molecule has 1 aromatic carbocycles. The second-order valence-corrected chi connectivity index (χ2v) is 18.3. The van der Waals surface area contributed by atoms with Crippen molar-refractivity contribution in [2.75, 3.05) is 36.5 Å². The monoisotopic (exact) mass is 899 g/mol. The van der Waals surface area contributed by atoms with E-state index in [2.05, 4.69) is 51.1 Å². The molecule has 14 heteroatoms. The van der Waals surface area contributed by atoms with Crippen LogP contribution in [0, 0.1) is 11.2 Å². The van der Waals surface area contributed by atoms with Gasteiger partial charge in [-0.25, -0.2) is 24.5 Å². The fourth-order valence-corrected chi connectivity index (χ4v) is 8.07. The molecular formula is C41H50IN5O6S2. The highest BCUT2D eigenvalue weighted by atomic mass is 127. The van der Waals surface area contributed by atoms with Crippen LogP contribution in [0.5, 0.6) is 0 Å². The minimum Gasteiger partial charge on any atom is -0.443 e. The Balaban J connectivity index is 0.00000187. The molecule has 1 fully saturated rings. The number of rotatable bonds is 3. The number of aromatic nitrogens is 2. The number of hydrogen-bond donors (Lipinski definition) is 0. The molecule has 1 saturated heterocycles. The number of methoxy groups -OCH3 is 1. The number of hydrogen-bond acceptors (Lipinski definition) is 11. The molecule has 0 bridgehead atoms. The van der Waals surface area contributed by atoms with Gasteiger partial charge in [-0.05, 0) is 118 Å². The Morgan fingerprint density at radius 2 is 1.64 bits per heavy atom. The molecule has 11 nitrogen and oxygen atoms in total. The molecule has 3 aromatic heterocycles. The number of nitrogens with zero attached hydrogens (tertiary/aromatic N) is 5. The van der Waals surface area contributed by atoms with Crippen LogP contribution < -0.4 is 9.80 Å². The van der Waals surface area contributed by atoms with Gasteiger partial charge in [-0.3, -0.25) is 9.69 Å². The number of ether oxygens (including phenoxy) is 3. The van der Waals surface area contributed by atoms with Crippen LogP contribution in [0.15, 0.2) is 36.4 Å². The lowest BCUT2D eigenvalue weighted by Crippen LogP contribution is -2.49. The highest BCUT2D eigenvalue weighted by Crippen LogP contribution is 2.45. The number of pyridine rings is 2. The van der Waals surface area contributed by atoms with Gasteiger partial charge in [0.2, 0.25) is 0 Å². The molecule has 2 aliphatic heterocycles. The van der Waals surface area contributed by atoms with Crippen LogP contribution in [0.3, 0.4) is 0 Å². The van der Waals surface area contributed by atoms with Crippen LogP contribution in [0.2, 0.25) is 0 Å². The van der Waals surface area contributed by atoms with Crippen molar-refractivity contribution < 1.29 is 28.6 Å². The highest BCUT2D eigenvalue weighted by molar-refractivity contribution is 14.2. The SMILES string of the molecule is CCC.COC1CCN(c2cc(-c3ccc4c(ccc5sc6c(c54)N(C(=O)OC(C)(C)C)C[C@@H](C)N(C(=O)OC(C)(C)C)C6=O)n3)cc(C#CSI)n2)CC1. The number of anilines is 2. The van der Waals surface area contributed by atoms with E-state index >= 15 is 0 Å². The smallest absolute Gasteiger partial charge is 0.417 e. The topological polar surface area (TPSA) is 114 Å². The Labute approximate surface area is 344 Å². The van der Waals surface area contributed by atoms with Crippen LogP contribution in [0.25, 0.3) is 32.2 Å². The molecule has 4 aromatic rings. The first kappa shape index (κ1) is 42.5. The molecule has 2 aliphatic rings. The van der Waals surface area contributed by atoms with E-state index in [1.807, 2.05) is 36.4 Å². The summed E-state index contributed by atoms with van der Waals surface area (Å²) in [4.78, 5) is 56.8. The number of halogens is 1. The summed E-state index contributed by atoms with van der Waals surface area (Å²) in [5.74, 6) is 3.47. The third-order valence-electron chi connectivity index (χ3n) is 8.70. The van der Waals surface area contributed by atoms with Gasteiger partial charge in [0.1, 0.15) is 27.6 Å². The molecule has 1 atom stereocenters. The third kappa shape index (κ3) is 10.0. The maximum atomic E-state index is 14.3. The zero-order valence-corrected chi connectivity index (χ0v) is 37.0. The quantitative estimate of drug-likeness (QED) is 0.145. The van der Waals surface area contributed by atoms with E-state index in [1.165, 1.54) is 31.6 Å². The predicted octanol–water partition coefficient (Wildman–Crippen LogP) is 10.5. The lowest BCUT2D eigenvalue weighted by Gasteiger charge is -2.32. The zero-order valence-electron chi connectivity index (χ0n) is 33.2. The first-order valence-corrected chi connectivity index (χ1v) is 22.7. The molecule has 0 aliphatic carbocycles. The number of benzene rings is 1. The standard InChI is InChI=1S/C38H42IN5O6S2.C3H8/c1-22-21-43(35(46)49-37(2,3)4)32-31-26-9-10-27(23-19-24(15-18-51-39)40-30(20-23)42-16-13-25(48-8)14-17-42)41-28(26)11-12-29(31)52-33(32)34(45)44(22)36(47)50-38(5,6)7;1-3-2/h9-12,19-20,22,25H,13-14,16-17,21H2,1-8H3;3H2,1-2H3/t22-;/m1./s1. The average molecular weight is 900 g/mol. The number of amides is 3. The van der Waals surface area contributed by atoms with Crippen LogP contribution in [-0.2, 0) is 14.2 Å². The molecule has 0 saturated carbocycles. The Bertz CT molecular complexity index is 2120. The van der Waals surface area contributed by atoms with Crippen LogP contribution >= 0.6 is 41.5 Å². The normalized spacial score (nSPS) is 16.5. The number of piperidine rings is 1. The van der Waals surface area contributed by atoms with Crippen LogP contribution in [-0.4, -0.2) is 83.1 Å². The number of imide groups is 1. The van der Waals surface area contributed by atoms with Gasteiger partial charge in [-0.15, -0.1) is 11.3 Å². The molecule has 294 valence electrons. The van der Waals surface area contributed by atoms with E-state index in [9.17, 15) is 14.4 Å². The van der Waals surface area contributed by atoms with E-state index in [4.69, 9.17) is 24.2 Å². The summed E-state index contributed by atoms with van der Waals surface area (Å²) >= 11 is 3.38. The summed E-state index contributed by atoms with van der Waals surface area (Å²) in [6, 6.07) is 11.0. The average Bonchev–Trinajstić information content (AvgIpc) is 3.47. The lowest BCUT2D eigenvalue weighted by molar-refractivity contribution is 0.0182. The summed E-state index contributed by atoms with van der Waals surface area (Å²) in [6.45, 7) is 18.3. The largest absolute Gasteiger partial charge is 0.443 e. The van der Waals surface area contributed by atoms with Gasteiger partial charge in [0.15, 0.2) is 0 Å².